The van der Waals surface area contributed by atoms with E-state index in [1.165, 1.54) is 0 Å². The van der Waals surface area contributed by atoms with Gasteiger partial charge in [0.05, 0.1) is 5.52 Å². The van der Waals surface area contributed by atoms with Crippen molar-refractivity contribution in [3.63, 3.8) is 0 Å². The molecule has 2 aromatic rings. The van der Waals surface area contributed by atoms with Crippen LogP contribution in [0.1, 0.15) is 33.6 Å². The van der Waals surface area contributed by atoms with Gasteiger partial charge in [0.1, 0.15) is 5.60 Å². The molecular weight excluding hydrogens is 370 g/mol. The first kappa shape index (κ1) is 17.3. The minimum atomic E-state index is -0.433. The van der Waals surface area contributed by atoms with Gasteiger partial charge in [-0.2, -0.15) is 5.10 Å². The number of benzene rings is 1. The van der Waals surface area contributed by atoms with E-state index in [2.05, 4.69) is 33.3 Å². The zero-order chi connectivity index (χ0) is 17.3. The third-order valence-electron chi connectivity index (χ3n) is 4.23. The summed E-state index contributed by atoms with van der Waals surface area (Å²) in [4.78, 5) is 13.9. The van der Waals surface area contributed by atoms with Gasteiger partial charge in [0, 0.05) is 35.7 Å². The third kappa shape index (κ3) is 4.29. The van der Waals surface area contributed by atoms with E-state index in [-0.39, 0.29) is 6.09 Å². The molecule has 1 fully saturated rings. The van der Waals surface area contributed by atoms with Gasteiger partial charge in [0.25, 0.3) is 0 Å². The average molecular weight is 394 g/mol. The molecule has 1 aromatic heterocycles. The highest BCUT2D eigenvalue weighted by molar-refractivity contribution is 9.10. The summed E-state index contributed by atoms with van der Waals surface area (Å²) in [7, 11) is 0. The fourth-order valence-electron chi connectivity index (χ4n) is 3.02. The number of carbonyl (C=O) groups is 1. The minimum Gasteiger partial charge on any atom is -0.444 e. The Bertz CT molecular complexity index is 727. The van der Waals surface area contributed by atoms with Crippen LogP contribution >= 0.6 is 15.9 Å². The van der Waals surface area contributed by atoms with Crippen molar-refractivity contribution in [2.45, 2.75) is 45.8 Å². The lowest BCUT2D eigenvalue weighted by molar-refractivity contribution is 0.0177. The molecule has 1 aliphatic rings. The molecule has 2 heterocycles. The standard InChI is InChI=1S/C18H24BrN3O2/c1-18(2,3)24-17(23)21-8-6-13(7-9-21)11-22-12-14-4-5-15(19)10-16(14)20-22/h4-5,10,12-13H,6-9,11H2,1-3H3. The Morgan fingerprint density at radius 1 is 1.33 bits per heavy atom. The maximum absolute atomic E-state index is 12.1. The van der Waals surface area contributed by atoms with Crippen LogP contribution in [0.4, 0.5) is 4.79 Å². The number of rotatable bonds is 2. The summed E-state index contributed by atoms with van der Waals surface area (Å²) in [6.07, 6.45) is 3.87. The van der Waals surface area contributed by atoms with E-state index in [4.69, 9.17) is 4.74 Å². The first-order valence-electron chi connectivity index (χ1n) is 8.41. The lowest BCUT2D eigenvalue weighted by Gasteiger charge is -2.33. The van der Waals surface area contributed by atoms with Crippen LogP contribution in [0.2, 0.25) is 0 Å². The molecular formula is C18H24BrN3O2. The van der Waals surface area contributed by atoms with Gasteiger partial charge >= 0.3 is 6.09 Å². The van der Waals surface area contributed by atoms with Crippen molar-refractivity contribution in [3.8, 4) is 0 Å². The number of piperidine rings is 1. The largest absolute Gasteiger partial charge is 0.444 e. The van der Waals surface area contributed by atoms with Gasteiger partial charge in [0.2, 0.25) is 0 Å². The molecule has 0 spiro atoms. The average Bonchev–Trinajstić information content (AvgIpc) is 2.87. The number of aromatic nitrogens is 2. The molecule has 130 valence electrons. The van der Waals surface area contributed by atoms with E-state index in [0.29, 0.717) is 5.92 Å². The maximum atomic E-state index is 12.1. The zero-order valence-electron chi connectivity index (χ0n) is 14.5. The SMILES string of the molecule is CC(C)(C)OC(=O)N1CCC(Cn2cc3ccc(Br)cc3n2)CC1. The van der Waals surface area contributed by atoms with Gasteiger partial charge in [-0.15, -0.1) is 0 Å². The number of carbonyl (C=O) groups excluding carboxylic acids is 1. The summed E-state index contributed by atoms with van der Waals surface area (Å²) in [6, 6.07) is 6.15. The molecule has 0 saturated carbocycles. The number of hydrogen-bond donors (Lipinski definition) is 0. The molecule has 1 aliphatic heterocycles. The molecule has 0 aliphatic carbocycles. The summed E-state index contributed by atoms with van der Waals surface area (Å²) in [5.74, 6) is 0.543. The zero-order valence-corrected chi connectivity index (χ0v) is 16.0. The van der Waals surface area contributed by atoms with E-state index in [9.17, 15) is 4.79 Å². The topological polar surface area (TPSA) is 47.4 Å². The van der Waals surface area contributed by atoms with Gasteiger partial charge in [-0.05, 0) is 51.7 Å². The molecule has 0 N–H and O–H groups in total. The number of fused-ring (bicyclic) bond motifs is 1. The monoisotopic (exact) mass is 393 g/mol. The summed E-state index contributed by atoms with van der Waals surface area (Å²) < 4.78 is 8.53. The normalized spacial score (nSPS) is 16.6. The van der Waals surface area contributed by atoms with Crippen LogP contribution in [0.15, 0.2) is 28.9 Å². The molecule has 1 saturated heterocycles. The quantitative estimate of drug-likeness (QED) is 0.756. The van der Waals surface area contributed by atoms with Gasteiger partial charge < -0.3 is 9.64 Å². The number of amides is 1. The molecule has 1 aromatic carbocycles. The Morgan fingerprint density at radius 3 is 2.71 bits per heavy atom. The van der Waals surface area contributed by atoms with Crippen molar-refractivity contribution in [1.29, 1.82) is 0 Å². The lowest BCUT2D eigenvalue weighted by Crippen LogP contribution is -2.42. The number of hydrogen-bond acceptors (Lipinski definition) is 3. The van der Waals surface area contributed by atoms with Crippen LogP contribution in [-0.4, -0.2) is 39.5 Å². The summed E-state index contributed by atoms with van der Waals surface area (Å²) in [5, 5.41) is 5.81. The molecule has 0 atom stereocenters. The van der Waals surface area contributed by atoms with Gasteiger partial charge in [-0.3, -0.25) is 4.68 Å². The number of likely N-dealkylation sites (tertiary alicyclic amines) is 1. The van der Waals surface area contributed by atoms with Crippen LogP contribution in [-0.2, 0) is 11.3 Å². The van der Waals surface area contributed by atoms with Crippen molar-refractivity contribution >= 4 is 32.9 Å². The Balaban J connectivity index is 1.55. The van der Waals surface area contributed by atoms with Crippen molar-refractivity contribution in [2.75, 3.05) is 13.1 Å². The predicted molar refractivity (Wildman–Crippen MR) is 98.0 cm³/mol. The van der Waals surface area contributed by atoms with Crippen LogP contribution < -0.4 is 0 Å². The molecule has 6 heteroatoms. The first-order valence-corrected chi connectivity index (χ1v) is 9.20. The van der Waals surface area contributed by atoms with E-state index in [0.717, 1.165) is 47.9 Å². The summed E-state index contributed by atoms with van der Waals surface area (Å²) >= 11 is 3.48. The number of nitrogens with zero attached hydrogens (tertiary/aromatic N) is 3. The minimum absolute atomic E-state index is 0.198. The summed E-state index contributed by atoms with van der Waals surface area (Å²) in [6.45, 7) is 8.11. The van der Waals surface area contributed by atoms with E-state index in [1.54, 1.807) is 0 Å². The van der Waals surface area contributed by atoms with E-state index >= 15 is 0 Å². The van der Waals surface area contributed by atoms with Crippen molar-refractivity contribution < 1.29 is 9.53 Å². The first-order chi connectivity index (χ1) is 11.3. The maximum Gasteiger partial charge on any atom is 0.410 e. The highest BCUT2D eigenvalue weighted by Gasteiger charge is 2.27. The molecule has 0 unspecified atom stereocenters. The van der Waals surface area contributed by atoms with Crippen LogP contribution in [0.25, 0.3) is 10.9 Å². The van der Waals surface area contributed by atoms with Gasteiger partial charge in [0.15, 0.2) is 0 Å². The van der Waals surface area contributed by atoms with Crippen molar-refractivity contribution in [1.82, 2.24) is 14.7 Å². The summed E-state index contributed by atoms with van der Waals surface area (Å²) in [5.41, 5.74) is 0.577. The second-order valence-electron chi connectivity index (χ2n) is 7.47. The lowest BCUT2D eigenvalue weighted by atomic mass is 9.97. The Labute approximate surface area is 151 Å². The highest BCUT2D eigenvalue weighted by atomic mass is 79.9. The molecule has 1 amide bonds. The molecule has 0 bridgehead atoms. The molecule has 3 rings (SSSR count). The van der Waals surface area contributed by atoms with E-state index in [1.807, 2.05) is 42.5 Å². The van der Waals surface area contributed by atoms with E-state index < -0.39 is 5.60 Å². The fourth-order valence-corrected chi connectivity index (χ4v) is 3.37. The Kier molecular flexibility index (Phi) is 4.85. The second-order valence-corrected chi connectivity index (χ2v) is 8.38. The Morgan fingerprint density at radius 2 is 2.04 bits per heavy atom. The molecule has 0 radical (unpaired) electrons. The smallest absolute Gasteiger partial charge is 0.410 e. The second kappa shape index (κ2) is 6.75. The Hall–Kier alpha value is -1.56. The number of halogens is 1. The van der Waals surface area contributed by atoms with Crippen LogP contribution in [0.5, 0.6) is 0 Å². The van der Waals surface area contributed by atoms with Crippen molar-refractivity contribution in [2.24, 2.45) is 5.92 Å². The van der Waals surface area contributed by atoms with Gasteiger partial charge in [-0.25, -0.2) is 4.79 Å². The van der Waals surface area contributed by atoms with Crippen molar-refractivity contribution in [3.05, 3.63) is 28.9 Å². The molecule has 5 nitrogen and oxygen atoms in total. The third-order valence-corrected chi connectivity index (χ3v) is 4.72. The van der Waals surface area contributed by atoms with Crippen LogP contribution in [0, 0.1) is 5.92 Å². The van der Waals surface area contributed by atoms with Crippen LogP contribution in [0.3, 0.4) is 0 Å². The van der Waals surface area contributed by atoms with Gasteiger partial charge in [-0.1, -0.05) is 22.0 Å². The predicted octanol–water partition coefficient (Wildman–Crippen LogP) is 4.45. The fraction of sp³-hybridized carbons (Fsp3) is 0.556. The highest BCUT2D eigenvalue weighted by Crippen LogP contribution is 2.23. The molecule has 24 heavy (non-hydrogen) atoms. The number of ether oxygens (including phenoxy) is 1.